The van der Waals surface area contributed by atoms with Crippen LogP contribution >= 0.6 is 11.5 Å². The summed E-state index contributed by atoms with van der Waals surface area (Å²) in [6.07, 6.45) is 0.378. The van der Waals surface area contributed by atoms with Crippen LogP contribution in [0.3, 0.4) is 0 Å². The largest absolute Gasteiger partial charge is 0.478 e. The van der Waals surface area contributed by atoms with Gasteiger partial charge in [0.2, 0.25) is 0 Å². The van der Waals surface area contributed by atoms with Crippen LogP contribution in [-0.4, -0.2) is 21.4 Å². The lowest BCUT2D eigenvalue weighted by Gasteiger charge is -2.11. The third-order valence-corrected chi connectivity index (χ3v) is 7.72. The van der Waals surface area contributed by atoms with E-state index in [2.05, 4.69) is 5.32 Å². The van der Waals surface area contributed by atoms with Crippen molar-refractivity contribution in [1.82, 2.24) is 9.69 Å². The molecule has 0 atom stereocenters. The first-order valence-corrected chi connectivity index (χ1v) is 13.5. The fourth-order valence-corrected chi connectivity index (χ4v) is 5.76. The maximum Gasteiger partial charge on any atom is 0.335 e. The van der Waals surface area contributed by atoms with Crippen LogP contribution in [-0.2, 0) is 13.0 Å². The second-order valence-electron chi connectivity index (χ2n) is 9.55. The number of carboxylic acids is 1. The number of nitrogens with one attached hydrogen (secondary N) is 1. The molecule has 196 valence electrons. The van der Waals surface area contributed by atoms with Gasteiger partial charge in [0.05, 0.1) is 21.5 Å². The van der Waals surface area contributed by atoms with Gasteiger partial charge >= 0.3 is 5.97 Å². The molecule has 0 spiro atoms. The number of rotatable bonds is 7. The first kappa shape index (κ1) is 25.4. The Hall–Kier alpha value is -4.88. The lowest BCUT2D eigenvalue weighted by atomic mass is 9.96. The Labute approximate surface area is 233 Å². The first-order valence-electron chi connectivity index (χ1n) is 12.7. The zero-order valence-corrected chi connectivity index (χ0v) is 22.0. The molecule has 0 saturated carbocycles. The second kappa shape index (κ2) is 10.7. The van der Waals surface area contributed by atoms with Gasteiger partial charge in [-0.3, -0.25) is 4.79 Å². The number of hydrogen-bond acceptors (Lipinski definition) is 4. The average Bonchev–Trinajstić information content (AvgIpc) is 3.38. The molecule has 0 unspecified atom stereocenters. The molecule has 0 saturated heterocycles. The molecule has 0 bridgehead atoms. The van der Waals surface area contributed by atoms with E-state index in [1.165, 1.54) is 29.7 Å². The number of benzene rings is 5. The van der Waals surface area contributed by atoms with E-state index in [0.717, 1.165) is 37.7 Å². The number of fused-ring (bicyclic) bond motifs is 2. The molecule has 0 aliphatic carbocycles. The molecule has 7 heteroatoms. The van der Waals surface area contributed by atoms with Crippen LogP contribution < -0.4 is 5.32 Å². The first-order chi connectivity index (χ1) is 19.5. The summed E-state index contributed by atoms with van der Waals surface area (Å²) >= 11 is 1.32. The van der Waals surface area contributed by atoms with E-state index in [9.17, 15) is 14.0 Å². The Bertz CT molecular complexity index is 1880. The monoisotopic (exact) mass is 546 g/mol. The molecule has 1 aromatic heterocycles. The van der Waals surface area contributed by atoms with E-state index in [4.69, 9.17) is 9.48 Å². The fraction of sp³-hybridized carbons (Fsp3) is 0.0606. The number of amides is 1. The number of carboxylic acid groups (broad SMARTS) is 1. The quantitative estimate of drug-likeness (QED) is 0.218. The molecule has 1 heterocycles. The topological polar surface area (TPSA) is 79.3 Å². The molecule has 1 amide bonds. The highest BCUT2D eigenvalue weighted by Gasteiger charge is 2.19. The van der Waals surface area contributed by atoms with Crippen LogP contribution in [0.4, 0.5) is 4.39 Å². The lowest BCUT2D eigenvalue weighted by Crippen LogP contribution is -2.23. The molecule has 40 heavy (non-hydrogen) atoms. The Morgan fingerprint density at radius 3 is 2.35 bits per heavy atom. The van der Waals surface area contributed by atoms with Crippen LogP contribution in [0.5, 0.6) is 0 Å². The highest BCUT2D eigenvalue weighted by molar-refractivity contribution is 7.13. The van der Waals surface area contributed by atoms with E-state index in [-0.39, 0.29) is 23.8 Å². The third kappa shape index (κ3) is 5.07. The molecule has 5 nitrogen and oxygen atoms in total. The molecule has 0 aliphatic heterocycles. The summed E-state index contributed by atoms with van der Waals surface area (Å²) in [6.45, 7) is 0.235. The molecule has 6 aromatic rings. The van der Waals surface area contributed by atoms with Crippen LogP contribution in [0.25, 0.3) is 32.0 Å². The molecule has 6 rings (SSSR count). The number of nitrogens with zero attached hydrogens (tertiary/aromatic N) is 1. The lowest BCUT2D eigenvalue weighted by molar-refractivity contribution is 0.0696. The van der Waals surface area contributed by atoms with Crippen molar-refractivity contribution in [3.63, 3.8) is 0 Å². The summed E-state index contributed by atoms with van der Waals surface area (Å²) in [6, 6.07) is 31.0. The van der Waals surface area contributed by atoms with E-state index in [1.807, 2.05) is 66.7 Å². The predicted molar refractivity (Wildman–Crippen MR) is 156 cm³/mol. The Morgan fingerprint density at radius 1 is 0.825 bits per heavy atom. The summed E-state index contributed by atoms with van der Waals surface area (Å²) < 4.78 is 20.4. The maximum absolute atomic E-state index is 14.9. The molecule has 0 aliphatic rings. The Balaban J connectivity index is 1.38. The van der Waals surface area contributed by atoms with Gasteiger partial charge in [0.1, 0.15) is 5.82 Å². The second-order valence-corrected chi connectivity index (χ2v) is 10.4. The molecular weight excluding hydrogens is 523 g/mol. The van der Waals surface area contributed by atoms with E-state index >= 15 is 0 Å². The third-order valence-electron chi connectivity index (χ3n) is 6.89. The minimum Gasteiger partial charge on any atom is -0.478 e. The zero-order chi connectivity index (χ0) is 27.6. The fourth-order valence-electron chi connectivity index (χ4n) is 4.89. The number of halogens is 1. The zero-order valence-electron chi connectivity index (χ0n) is 21.2. The molecular formula is C33H23FN2O3S. The standard InChI is InChI=1S/C33H23FN2O3S/c34-28-15-21(14-24-8-4-5-9-26(24)28)16-29-31-27(32(37)35-19-20-10-12-23(13-11-20)33(38)39)17-25(18-30(31)40-36-29)22-6-2-1-3-7-22/h1-15,17-18H,16,19H2,(H,35,37)(H,38,39). The van der Waals surface area contributed by atoms with Gasteiger partial charge < -0.3 is 10.4 Å². The van der Waals surface area contributed by atoms with Gasteiger partial charge in [0, 0.05) is 23.7 Å². The van der Waals surface area contributed by atoms with E-state index in [0.29, 0.717) is 23.1 Å². The number of carbonyl (C=O) groups is 2. The van der Waals surface area contributed by atoms with Crippen molar-refractivity contribution in [2.75, 3.05) is 0 Å². The van der Waals surface area contributed by atoms with Crippen LogP contribution in [0, 0.1) is 5.82 Å². The highest BCUT2D eigenvalue weighted by atomic mass is 32.1. The Morgan fingerprint density at radius 2 is 1.57 bits per heavy atom. The minimum atomic E-state index is -1.00. The van der Waals surface area contributed by atoms with Crippen molar-refractivity contribution in [3.05, 3.63) is 137 Å². The van der Waals surface area contributed by atoms with Crippen molar-refractivity contribution < 1.29 is 19.1 Å². The van der Waals surface area contributed by atoms with Crippen molar-refractivity contribution >= 4 is 44.3 Å². The highest BCUT2D eigenvalue weighted by Crippen LogP contribution is 2.34. The normalized spacial score (nSPS) is 11.1. The van der Waals surface area contributed by atoms with Gasteiger partial charge in [0.15, 0.2) is 0 Å². The van der Waals surface area contributed by atoms with Gasteiger partial charge in [0.25, 0.3) is 5.91 Å². The summed E-state index contributed by atoms with van der Waals surface area (Å²) in [7, 11) is 0. The van der Waals surface area contributed by atoms with Crippen molar-refractivity contribution in [2.45, 2.75) is 13.0 Å². The predicted octanol–water partition coefficient (Wildman–Crippen LogP) is 7.47. The van der Waals surface area contributed by atoms with Gasteiger partial charge in [-0.2, -0.15) is 4.37 Å². The summed E-state index contributed by atoms with van der Waals surface area (Å²) in [4.78, 5) is 24.8. The molecule has 5 aromatic carbocycles. The van der Waals surface area contributed by atoms with Crippen molar-refractivity contribution in [1.29, 1.82) is 0 Å². The average molecular weight is 547 g/mol. The Kier molecular flexibility index (Phi) is 6.80. The number of aromatic nitrogens is 1. The molecule has 2 N–H and O–H groups in total. The van der Waals surface area contributed by atoms with E-state index in [1.54, 1.807) is 18.2 Å². The van der Waals surface area contributed by atoms with Crippen LogP contribution in [0.1, 0.15) is 37.5 Å². The van der Waals surface area contributed by atoms with Crippen molar-refractivity contribution in [2.24, 2.45) is 0 Å². The van der Waals surface area contributed by atoms with Crippen LogP contribution in [0.15, 0.2) is 103 Å². The number of hydrogen-bond donors (Lipinski definition) is 2. The van der Waals surface area contributed by atoms with Gasteiger partial charge in [-0.25, -0.2) is 9.18 Å². The smallest absolute Gasteiger partial charge is 0.335 e. The van der Waals surface area contributed by atoms with Gasteiger partial charge in [-0.05, 0) is 69.5 Å². The minimum absolute atomic E-state index is 0.187. The number of carbonyl (C=O) groups excluding carboxylic acids is 1. The molecule has 0 radical (unpaired) electrons. The number of aromatic carboxylic acids is 1. The summed E-state index contributed by atoms with van der Waals surface area (Å²) in [5, 5.41) is 14.3. The van der Waals surface area contributed by atoms with Gasteiger partial charge in [-0.15, -0.1) is 0 Å². The van der Waals surface area contributed by atoms with Crippen molar-refractivity contribution in [3.8, 4) is 11.1 Å². The SMILES string of the molecule is O=C(O)c1ccc(CNC(=O)c2cc(-c3ccccc3)cc3snc(Cc4cc(F)c5ccccc5c4)c23)cc1. The summed E-state index contributed by atoms with van der Waals surface area (Å²) in [5.74, 6) is -1.55. The van der Waals surface area contributed by atoms with Gasteiger partial charge in [-0.1, -0.05) is 72.8 Å². The van der Waals surface area contributed by atoms with Crippen LogP contribution in [0.2, 0.25) is 0 Å². The summed E-state index contributed by atoms with van der Waals surface area (Å²) in [5.41, 5.74) is 4.83. The van der Waals surface area contributed by atoms with E-state index < -0.39 is 5.97 Å². The maximum atomic E-state index is 14.9. The molecule has 0 fully saturated rings.